The number of aromatic amines is 1. The van der Waals surface area contributed by atoms with E-state index in [0.717, 1.165) is 28.9 Å². The number of nitrogens with one attached hydrogen (secondary N) is 1. The predicted octanol–water partition coefficient (Wildman–Crippen LogP) is 5.62. The molecule has 0 saturated carbocycles. The summed E-state index contributed by atoms with van der Waals surface area (Å²) in [5.74, 6) is 0.856. The molecule has 0 fully saturated rings. The van der Waals surface area contributed by atoms with E-state index in [1.54, 1.807) is 0 Å². The maximum Gasteiger partial charge on any atom is 0.200 e. The van der Waals surface area contributed by atoms with Crippen LogP contribution in [0, 0.1) is 11.7 Å². The van der Waals surface area contributed by atoms with Gasteiger partial charge in [0.15, 0.2) is 10.6 Å². The highest BCUT2D eigenvalue weighted by Gasteiger charge is 2.15. The molecule has 0 radical (unpaired) electrons. The Morgan fingerprint density at radius 2 is 1.84 bits per heavy atom. The summed E-state index contributed by atoms with van der Waals surface area (Å²) in [5, 5.41) is 9.88. The van der Waals surface area contributed by atoms with Crippen LogP contribution in [0.2, 0.25) is 0 Å². The summed E-state index contributed by atoms with van der Waals surface area (Å²) in [6.45, 7) is 4.27. The maximum atomic E-state index is 5.57. The van der Waals surface area contributed by atoms with Crippen molar-refractivity contribution < 1.29 is 0 Å². The van der Waals surface area contributed by atoms with Crippen molar-refractivity contribution in [3.05, 3.63) is 76.6 Å². The van der Waals surface area contributed by atoms with Crippen LogP contribution in [-0.2, 0) is 6.42 Å². The van der Waals surface area contributed by atoms with Crippen molar-refractivity contribution in [2.45, 2.75) is 20.3 Å². The number of nitrogens with zero attached hydrogens (tertiary/aromatic N) is 2. The Kier molecular flexibility index (Phi) is 3.98. The molecule has 0 atom stereocenters. The molecule has 1 N–H and O–H groups in total. The average Bonchev–Trinajstić information content (AvgIpc) is 3.03. The summed E-state index contributed by atoms with van der Waals surface area (Å²) in [6, 6.07) is 21.1. The zero-order valence-electron chi connectivity index (χ0n) is 14.3. The molecule has 1 aromatic heterocycles. The number of aromatic nitrogens is 3. The highest BCUT2D eigenvalue weighted by molar-refractivity contribution is 7.71. The van der Waals surface area contributed by atoms with Gasteiger partial charge in [-0.2, -0.15) is 5.10 Å². The Hall–Kier alpha value is -2.72. The van der Waals surface area contributed by atoms with Crippen LogP contribution in [0.15, 0.2) is 60.7 Å². The molecule has 3 nitrogen and oxygen atoms in total. The number of hydrogen-bond donors (Lipinski definition) is 1. The monoisotopic (exact) mass is 345 g/mol. The van der Waals surface area contributed by atoms with E-state index in [9.17, 15) is 0 Å². The Morgan fingerprint density at radius 1 is 1.04 bits per heavy atom. The standard InChI is InChI=1S/C21H19N3S/c1-3-15-12-11-14(2)18(13-15)20-22-23-21(25)24(20)19-10-6-8-16-7-4-5-9-17(16)19/h4-13H,3H2,1-2H3,(H,23,25). The average molecular weight is 345 g/mol. The van der Waals surface area contributed by atoms with Crippen molar-refractivity contribution >= 4 is 23.0 Å². The van der Waals surface area contributed by atoms with Crippen LogP contribution < -0.4 is 0 Å². The first-order valence-corrected chi connectivity index (χ1v) is 8.85. The van der Waals surface area contributed by atoms with Crippen LogP contribution in [0.25, 0.3) is 27.8 Å². The van der Waals surface area contributed by atoms with E-state index in [1.165, 1.54) is 16.5 Å². The molecule has 1 heterocycles. The molecule has 25 heavy (non-hydrogen) atoms. The number of H-pyrrole nitrogens is 1. The van der Waals surface area contributed by atoms with E-state index < -0.39 is 0 Å². The molecule has 0 unspecified atom stereocenters. The van der Waals surface area contributed by atoms with Crippen LogP contribution in [0.1, 0.15) is 18.1 Å². The summed E-state index contributed by atoms with van der Waals surface area (Å²) < 4.78 is 2.65. The molecule has 4 rings (SSSR count). The summed E-state index contributed by atoms with van der Waals surface area (Å²) >= 11 is 5.57. The van der Waals surface area contributed by atoms with Gasteiger partial charge in [-0.25, -0.2) is 0 Å². The van der Waals surface area contributed by atoms with Crippen LogP contribution >= 0.6 is 12.2 Å². The van der Waals surface area contributed by atoms with Crippen molar-refractivity contribution in [3.8, 4) is 17.1 Å². The third-order valence-corrected chi connectivity index (χ3v) is 4.90. The SMILES string of the molecule is CCc1ccc(C)c(-c2n[nH]c(=S)n2-c2cccc3ccccc23)c1. The van der Waals surface area contributed by atoms with E-state index in [1.807, 2.05) is 4.57 Å². The Morgan fingerprint density at radius 3 is 2.68 bits per heavy atom. The van der Waals surface area contributed by atoms with E-state index in [4.69, 9.17) is 12.2 Å². The quantitative estimate of drug-likeness (QED) is 0.489. The number of fused-ring (bicyclic) bond motifs is 1. The van der Waals surface area contributed by atoms with Crippen molar-refractivity contribution in [1.29, 1.82) is 0 Å². The number of hydrogen-bond acceptors (Lipinski definition) is 2. The normalized spacial score (nSPS) is 11.1. The molecule has 4 heteroatoms. The van der Waals surface area contributed by atoms with Gasteiger partial charge in [-0.3, -0.25) is 9.67 Å². The van der Waals surface area contributed by atoms with Gasteiger partial charge in [-0.15, -0.1) is 0 Å². The smallest absolute Gasteiger partial charge is 0.200 e. The highest BCUT2D eigenvalue weighted by Crippen LogP contribution is 2.29. The van der Waals surface area contributed by atoms with Gasteiger partial charge in [-0.05, 0) is 54.2 Å². The zero-order valence-corrected chi connectivity index (χ0v) is 15.1. The summed E-state index contributed by atoms with van der Waals surface area (Å²) in [6.07, 6.45) is 0.993. The lowest BCUT2D eigenvalue weighted by Crippen LogP contribution is -2.00. The third-order valence-electron chi connectivity index (χ3n) is 4.63. The second kappa shape index (κ2) is 6.30. The maximum absolute atomic E-state index is 5.57. The summed E-state index contributed by atoms with van der Waals surface area (Å²) in [4.78, 5) is 0. The molecule has 0 aliphatic heterocycles. The van der Waals surface area contributed by atoms with Gasteiger partial charge in [0.2, 0.25) is 0 Å². The van der Waals surface area contributed by atoms with Crippen molar-refractivity contribution in [2.75, 3.05) is 0 Å². The van der Waals surface area contributed by atoms with Gasteiger partial charge in [0.25, 0.3) is 0 Å². The Balaban J connectivity index is 2.02. The number of benzene rings is 3. The van der Waals surface area contributed by atoms with Gasteiger partial charge in [-0.1, -0.05) is 55.5 Å². The van der Waals surface area contributed by atoms with Gasteiger partial charge in [0.1, 0.15) is 0 Å². The van der Waals surface area contributed by atoms with E-state index >= 15 is 0 Å². The molecule has 0 bridgehead atoms. The van der Waals surface area contributed by atoms with Gasteiger partial charge < -0.3 is 0 Å². The molecule has 124 valence electrons. The molecule has 3 aromatic carbocycles. The number of rotatable bonds is 3. The first kappa shape index (κ1) is 15.8. The highest BCUT2D eigenvalue weighted by atomic mass is 32.1. The van der Waals surface area contributed by atoms with Crippen LogP contribution in [0.5, 0.6) is 0 Å². The molecular formula is C21H19N3S. The minimum atomic E-state index is 0.604. The fraction of sp³-hybridized carbons (Fsp3) is 0.143. The fourth-order valence-corrected chi connectivity index (χ4v) is 3.46. The Bertz CT molecular complexity index is 1120. The van der Waals surface area contributed by atoms with Crippen LogP contribution in [-0.4, -0.2) is 14.8 Å². The largest absolute Gasteiger partial charge is 0.268 e. The lowest BCUT2D eigenvalue weighted by atomic mass is 10.0. The third kappa shape index (κ3) is 2.68. The van der Waals surface area contributed by atoms with Gasteiger partial charge in [0.05, 0.1) is 5.69 Å². The predicted molar refractivity (Wildman–Crippen MR) is 106 cm³/mol. The topological polar surface area (TPSA) is 33.6 Å². The lowest BCUT2D eigenvalue weighted by molar-refractivity contribution is 1.04. The molecular weight excluding hydrogens is 326 g/mol. The van der Waals surface area contributed by atoms with E-state index in [0.29, 0.717) is 4.77 Å². The van der Waals surface area contributed by atoms with Crippen LogP contribution in [0.3, 0.4) is 0 Å². The molecule has 0 aliphatic carbocycles. The first-order chi connectivity index (χ1) is 12.2. The zero-order chi connectivity index (χ0) is 17.4. The van der Waals surface area contributed by atoms with Crippen LogP contribution in [0.4, 0.5) is 0 Å². The molecule has 4 aromatic rings. The summed E-state index contributed by atoms with van der Waals surface area (Å²) in [5.41, 5.74) is 4.64. The molecule has 0 aliphatic rings. The molecule has 0 spiro atoms. The van der Waals surface area contributed by atoms with E-state index in [2.05, 4.69) is 84.7 Å². The lowest BCUT2D eigenvalue weighted by Gasteiger charge is -2.12. The van der Waals surface area contributed by atoms with Gasteiger partial charge in [0, 0.05) is 10.9 Å². The van der Waals surface area contributed by atoms with Gasteiger partial charge >= 0.3 is 0 Å². The fourth-order valence-electron chi connectivity index (χ4n) is 3.23. The number of aryl methyl sites for hydroxylation is 2. The first-order valence-electron chi connectivity index (χ1n) is 8.44. The Labute approximate surface area is 152 Å². The van der Waals surface area contributed by atoms with Crippen molar-refractivity contribution in [1.82, 2.24) is 14.8 Å². The second-order valence-corrected chi connectivity index (χ2v) is 6.58. The van der Waals surface area contributed by atoms with Crippen molar-refractivity contribution in [3.63, 3.8) is 0 Å². The van der Waals surface area contributed by atoms with E-state index in [-0.39, 0.29) is 0 Å². The summed E-state index contributed by atoms with van der Waals surface area (Å²) in [7, 11) is 0. The minimum absolute atomic E-state index is 0.604. The minimum Gasteiger partial charge on any atom is -0.268 e. The van der Waals surface area contributed by atoms with Crippen molar-refractivity contribution in [2.24, 2.45) is 0 Å². The second-order valence-electron chi connectivity index (χ2n) is 6.19. The molecule has 0 amide bonds. The molecule has 0 saturated heterocycles.